The van der Waals surface area contributed by atoms with E-state index in [2.05, 4.69) is 30.5 Å². The molecule has 226 valence electrons. The second kappa shape index (κ2) is 12.5. The Kier molecular flexibility index (Phi) is 8.73. The maximum atomic E-state index is 13.4. The lowest BCUT2D eigenvalue weighted by Gasteiger charge is -2.27. The first-order chi connectivity index (χ1) is 20.5. The number of nitrogens with zero attached hydrogens (tertiary/aromatic N) is 5. The number of thiazole rings is 1. The Bertz CT molecular complexity index is 1730. The number of amides is 2. The van der Waals surface area contributed by atoms with Crippen molar-refractivity contribution in [2.45, 2.75) is 38.9 Å². The molecule has 4 aromatic heterocycles. The minimum absolute atomic E-state index is 0.0104. The van der Waals surface area contributed by atoms with Gasteiger partial charge in [-0.3, -0.25) is 15.1 Å². The molecular weight excluding hydrogens is 587 g/mol. The number of carbonyl (C=O) groups is 2. The molecule has 2 amide bonds. The predicted molar refractivity (Wildman–Crippen MR) is 155 cm³/mol. The van der Waals surface area contributed by atoms with E-state index >= 15 is 0 Å². The van der Waals surface area contributed by atoms with Crippen molar-refractivity contribution in [2.24, 2.45) is 0 Å². The summed E-state index contributed by atoms with van der Waals surface area (Å²) in [6.07, 6.45) is 2.77. The number of rotatable bonds is 8. The fourth-order valence-electron chi connectivity index (χ4n) is 4.96. The number of nitrogens with one attached hydrogen (secondary N) is 2. The number of carboxylic acids is 1. The predicted octanol–water partition coefficient (Wildman–Crippen LogP) is 4.93. The summed E-state index contributed by atoms with van der Waals surface area (Å²) < 4.78 is 41.8. The molecule has 0 aliphatic carbocycles. The quantitative estimate of drug-likeness (QED) is 0.253. The Balaban J connectivity index is 1.61. The van der Waals surface area contributed by atoms with Gasteiger partial charge in [0.25, 0.3) is 0 Å². The average Bonchev–Trinajstić information content (AvgIpc) is 3.49. The molecule has 5 heterocycles. The van der Waals surface area contributed by atoms with Crippen LogP contribution in [0, 0.1) is 0 Å². The number of anilines is 1. The molecule has 0 atom stereocenters. The van der Waals surface area contributed by atoms with E-state index in [1.165, 1.54) is 37.1 Å². The van der Waals surface area contributed by atoms with Crippen molar-refractivity contribution in [1.82, 2.24) is 29.7 Å². The average molecular weight is 616 g/mol. The molecule has 43 heavy (non-hydrogen) atoms. The highest BCUT2D eigenvalue weighted by molar-refractivity contribution is 7.13. The molecular formula is C28H28F3N7O4S. The summed E-state index contributed by atoms with van der Waals surface area (Å²) in [7, 11) is 0. The minimum atomic E-state index is -4.67. The number of halogens is 3. The molecule has 1 aliphatic rings. The third-order valence-corrected chi connectivity index (χ3v) is 7.96. The van der Waals surface area contributed by atoms with Crippen LogP contribution in [0.1, 0.15) is 42.2 Å². The summed E-state index contributed by atoms with van der Waals surface area (Å²) >= 11 is 0.749. The monoisotopic (exact) mass is 615 g/mol. The molecule has 0 saturated carbocycles. The van der Waals surface area contributed by atoms with Gasteiger partial charge in [-0.05, 0) is 45.0 Å². The Morgan fingerprint density at radius 3 is 2.51 bits per heavy atom. The van der Waals surface area contributed by atoms with Crippen LogP contribution in [0.3, 0.4) is 0 Å². The maximum Gasteiger partial charge on any atom is 0.434 e. The van der Waals surface area contributed by atoms with Gasteiger partial charge in [-0.1, -0.05) is 6.42 Å². The van der Waals surface area contributed by atoms with E-state index in [-0.39, 0.29) is 33.0 Å². The van der Waals surface area contributed by atoms with Crippen LogP contribution in [0.2, 0.25) is 0 Å². The number of likely N-dealkylation sites (tertiary alicyclic amines) is 1. The maximum absolute atomic E-state index is 13.4. The smallest absolute Gasteiger partial charge is 0.434 e. The summed E-state index contributed by atoms with van der Waals surface area (Å²) in [5, 5.41) is 15.8. The number of urea groups is 1. The van der Waals surface area contributed by atoms with Crippen LogP contribution in [0.4, 0.5) is 23.8 Å². The summed E-state index contributed by atoms with van der Waals surface area (Å²) in [5.74, 6) is -1.31. The molecule has 0 unspecified atom stereocenters. The van der Waals surface area contributed by atoms with Crippen LogP contribution in [0.5, 0.6) is 0 Å². The number of aromatic carboxylic acids is 1. The van der Waals surface area contributed by atoms with Crippen molar-refractivity contribution in [3.63, 3.8) is 0 Å². The van der Waals surface area contributed by atoms with Crippen molar-refractivity contribution >= 4 is 40.1 Å². The highest BCUT2D eigenvalue weighted by Gasteiger charge is 2.34. The zero-order chi connectivity index (χ0) is 30.7. The molecule has 5 rings (SSSR count). The van der Waals surface area contributed by atoms with Gasteiger partial charge in [-0.15, -0.1) is 11.3 Å². The molecule has 0 aromatic carbocycles. The molecule has 11 nitrogen and oxygen atoms in total. The number of alkyl halides is 3. The van der Waals surface area contributed by atoms with E-state index in [0.29, 0.717) is 25.2 Å². The van der Waals surface area contributed by atoms with Crippen molar-refractivity contribution in [2.75, 3.05) is 31.5 Å². The summed E-state index contributed by atoms with van der Waals surface area (Å²) in [4.78, 5) is 52.1. The van der Waals surface area contributed by atoms with Gasteiger partial charge in [-0.25, -0.2) is 19.6 Å². The second-order valence-electron chi connectivity index (χ2n) is 9.99. The van der Waals surface area contributed by atoms with Gasteiger partial charge in [0.2, 0.25) is 5.43 Å². The van der Waals surface area contributed by atoms with E-state index in [1.807, 2.05) is 0 Å². The molecule has 3 N–H and O–H groups in total. The zero-order valence-electron chi connectivity index (χ0n) is 23.1. The molecule has 1 saturated heterocycles. The number of hydrogen-bond donors (Lipinski definition) is 3. The van der Waals surface area contributed by atoms with E-state index in [4.69, 9.17) is 0 Å². The Morgan fingerprint density at radius 2 is 1.84 bits per heavy atom. The molecule has 0 radical (unpaired) electrons. The Hall–Kier alpha value is -4.37. The normalized spacial score (nSPS) is 14.1. The summed E-state index contributed by atoms with van der Waals surface area (Å²) in [6, 6.07) is 2.23. The first-order valence-electron chi connectivity index (χ1n) is 13.6. The molecule has 1 fully saturated rings. The van der Waals surface area contributed by atoms with E-state index in [1.54, 1.807) is 11.5 Å². The van der Waals surface area contributed by atoms with Crippen LogP contribution in [0.15, 0.2) is 40.9 Å². The lowest BCUT2D eigenvalue weighted by atomic mass is 10.0. The number of hydrogen-bond acceptors (Lipinski definition) is 8. The van der Waals surface area contributed by atoms with Crippen molar-refractivity contribution in [3.8, 4) is 21.8 Å². The standard InChI is InChI=1S/C28H28F3N7O4S/c1-2-32-27(42)36-23-11-16(25-35-22(15-43-25)28(29,30)31)18(12-34-23)20-10-17-21(13-33-20)38(14-19(24(17)39)26(40)41)9-8-37-6-4-3-5-7-37/h10-15H,2-9H2,1H3,(H,40,41)(H2,32,34,36,42). The lowest BCUT2D eigenvalue weighted by molar-refractivity contribution is -0.140. The van der Waals surface area contributed by atoms with Gasteiger partial charge in [0.1, 0.15) is 16.4 Å². The molecule has 4 aromatic rings. The van der Waals surface area contributed by atoms with E-state index in [0.717, 1.165) is 42.6 Å². The van der Waals surface area contributed by atoms with Gasteiger partial charge in [0, 0.05) is 48.5 Å². The number of carbonyl (C=O) groups excluding carboxylic acids is 1. The molecule has 0 bridgehead atoms. The number of carboxylic acid groups (broad SMARTS) is 1. The first-order valence-corrected chi connectivity index (χ1v) is 14.5. The summed E-state index contributed by atoms with van der Waals surface area (Å²) in [6.45, 7) is 5.05. The number of piperidine rings is 1. The van der Waals surface area contributed by atoms with Crippen LogP contribution in [-0.4, -0.2) is 67.7 Å². The van der Waals surface area contributed by atoms with Gasteiger partial charge >= 0.3 is 18.2 Å². The van der Waals surface area contributed by atoms with Gasteiger partial charge in [-0.2, -0.15) is 13.2 Å². The Morgan fingerprint density at radius 1 is 1.07 bits per heavy atom. The van der Waals surface area contributed by atoms with E-state index < -0.39 is 34.9 Å². The van der Waals surface area contributed by atoms with Crippen LogP contribution < -0.4 is 16.1 Å². The second-order valence-corrected chi connectivity index (χ2v) is 10.9. The van der Waals surface area contributed by atoms with Crippen molar-refractivity contribution in [3.05, 3.63) is 57.6 Å². The van der Waals surface area contributed by atoms with Crippen LogP contribution in [0.25, 0.3) is 32.7 Å². The van der Waals surface area contributed by atoms with Gasteiger partial charge in [0.05, 0.1) is 22.8 Å². The largest absolute Gasteiger partial charge is 0.477 e. The highest BCUT2D eigenvalue weighted by atomic mass is 32.1. The molecule has 1 aliphatic heterocycles. The molecule has 0 spiro atoms. The number of aromatic nitrogens is 4. The Labute approximate surface area is 247 Å². The highest BCUT2D eigenvalue weighted by Crippen LogP contribution is 2.38. The topological polar surface area (TPSA) is 142 Å². The van der Waals surface area contributed by atoms with E-state index in [9.17, 15) is 32.7 Å². The SMILES string of the molecule is CCNC(=O)Nc1cc(-c2nc(C(F)(F)F)cs2)c(-c2cc3c(=O)c(C(=O)O)cn(CCN4CCCCC4)c3cn2)cn1. The minimum Gasteiger partial charge on any atom is -0.477 e. The van der Waals surface area contributed by atoms with Gasteiger partial charge in [0.15, 0.2) is 5.69 Å². The number of pyridine rings is 3. The first kappa shape index (κ1) is 30.1. The number of fused-ring (bicyclic) bond motifs is 1. The zero-order valence-corrected chi connectivity index (χ0v) is 23.9. The fraction of sp³-hybridized carbons (Fsp3) is 0.357. The van der Waals surface area contributed by atoms with Gasteiger partial charge < -0.3 is 19.9 Å². The third-order valence-electron chi connectivity index (χ3n) is 7.09. The van der Waals surface area contributed by atoms with Crippen molar-refractivity contribution < 1.29 is 27.9 Å². The third kappa shape index (κ3) is 6.67. The lowest BCUT2D eigenvalue weighted by Crippen LogP contribution is -2.33. The van der Waals surface area contributed by atoms with Crippen LogP contribution in [-0.2, 0) is 12.7 Å². The van der Waals surface area contributed by atoms with Crippen molar-refractivity contribution in [1.29, 1.82) is 0 Å². The fourth-order valence-corrected chi connectivity index (χ4v) is 5.81. The summed E-state index contributed by atoms with van der Waals surface area (Å²) in [5.41, 5.74) is -1.17. The van der Waals surface area contributed by atoms with Crippen LogP contribution >= 0.6 is 11.3 Å². The molecule has 15 heteroatoms.